The Morgan fingerprint density at radius 3 is 2.35 bits per heavy atom. The summed E-state index contributed by atoms with van der Waals surface area (Å²) < 4.78 is 6.98. The highest BCUT2D eigenvalue weighted by molar-refractivity contribution is 6.73. The lowest BCUT2D eigenvalue weighted by molar-refractivity contribution is -0.0214. The molecule has 0 radical (unpaired) electrons. The van der Waals surface area contributed by atoms with Gasteiger partial charge in [-0.2, -0.15) is 0 Å². The van der Waals surface area contributed by atoms with E-state index in [1.807, 2.05) is 0 Å². The third-order valence-electron chi connectivity index (χ3n) is 7.74. The van der Waals surface area contributed by atoms with Crippen molar-refractivity contribution in [2.45, 2.75) is 97.4 Å². The zero-order valence-corrected chi connectivity index (χ0v) is 17.2. The van der Waals surface area contributed by atoms with Crippen LogP contribution in [-0.2, 0) is 4.43 Å². The van der Waals surface area contributed by atoms with Gasteiger partial charge in [-0.15, -0.1) is 0 Å². The summed E-state index contributed by atoms with van der Waals surface area (Å²) in [6, 6.07) is 3.80. The van der Waals surface area contributed by atoms with Crippen LogP contribution in [0.25, 0.3) is 0 Å². The second-order valence-electron chi connectivity index (χ2n) is 8.58. The van der Waals surface area contributed by atoms with Crippen LogP contribution in [0.5, 0.6) is 0 Å². The Labute approximate surface area is 145 Å². The SMILES string of the molecule is CC[Si](CC)(CC)OC1CCC[C@]2(C)[C@@H]([C@H](C)CCO)CC[C@@H]12. The van der Waals surface area contributed by atoms with Crippen LogP contribution in [-0.4, -0.2) is 26.1 Å². The van der Waals surface area contributed by atoms with Crippen molar-refractivity contribution >= 4 is 8.32 Å². The maximum absolute atomic E-state index is 9.36. The Balaban J connectivity index is 2.14. The number of aliphatic hydroxyl groups excluding tert-OH is 1. The largest absolute Gasteiger partial charge is 0.414 e. The van der Waals surface area contributed by atoms with Crippen LogP contribution in [0, 0.1) is 23.2 Å². The highest BCUT2D eigenvalue weighted by atomic mass is 28.4. The van der Waals surface area contributed by atoms with Crippen LogP contribution in [0.3, 0.4) is 0 Å². The summed E-state index contributed by atoms with van der Waals surface area (Å²) >= 11 is 0. The fourth-order valence-electron chi connectivity index (χ4n) is 5.96. The van der Waals surface area contributed by atoms with E-state index in [-0.39, 0.29) is 0 Å². The minimum Gasteiger partial charge on any atom is -0.414 e. The normalized spacial score (nSPS) is 36.0. The van der Waals surface area contributed by atoms with Crippen molar-refractivity contribution in [3.63, 3.8) is 0 Å². The number of rotatable bonds is 8. The van der Waals surface area contributed by atoms with Crippen molar-refractivity contribution in [1.82, 2.24) is 0 Å². The first-order valence-electron chi connectivity index (χ1n) is 10.2. The summed E-state index contributed by atoms with van der Waals surface area (Å²) in [6.45, 7) is 12.3. The van der Waals surface area contributed by atoms with Crippen LogP contribution in [0.2, 0.25) is 18.1 Å². The van der Waals surface area contributed by atoms with Crippen LogP contribution in [0.15, 0.2) is 0 Å². The first-order valence-corrected chi connectivity index (χ1v) is 12.8. The van der Waals surface area contributed by atoms with E-state index in [0.717, 1.165) is 18.3 Å². The van der Waals surface area contributed by atoms with E-state index in [1.165, 1.54) is 50.2 Å². The smallest absolute Gasteiger partial charge is 0.192 e. The van der Waals surface area contributed by atoms with Gasteiger partial charge in [-0.05, 0) is 73.4 Å². The molecule has 0 aliphatic heterocycles. The quantitative estimate of drug-likeness (QED) is 0.582. The maximum Gasteiger partial charge on any atom is 0.192 e. The Bertz CT molecular complexity index is 360. The summed E-state index contributed by atoms with van der Waals surface area (Å²) in [7, 11) is -1.50. The van der Waals surface area contributed by atoms with Crippen molar-refractivity contribution in [2.24, 2.45) is 23.2 Å². The zero-order chi connectivity index (χ0) is 17.1. The third-order valence-corrected chi connectivity index (χ3v) is 12.4. The van der Waals surface area contributed by atoms with Gasteiger partial charge in [-0.3, -0.25) is 0 Å². The van der Waals surface area contributed by atoms with E-state index in [0.29, 0.717) is 24.0 Å². The van der Waals surface area contributed by atoms with Crippen molar-refractivity contribution in [1.29, 1.82) is 0 Å². The van der Waals surface area contributed by atoms with Crippen LogP contribution in [0.4, 0.5) is 0 Å². The number of hydrogen-bond acceptors (Lipinski definition) is 2. The summed E-state index contributed by atoms with van der Waals surface area (Å²) in [4.78, 5) is 0. The molecule has 1 unspecified atom stereocenters. The molecule has 3 heteroatoms. The van der Waals surface area contributed by atoms with Gasteiger partial charge in [0.25, 0.3) is 0 Å². The van der Waals surface area contributed by atoms with Crippen molar-refractivity contribution in [3.05, 3.63) is 0 Å². The molecule has 136 valence electrons. The van der Waals surface area contributed by atoms with Crippen molar-refractivity contribution < 1.29 is 9.53 Å². The summed E-state index contributed by atoms with van der Waals surface area (Å²) in [6.07, 6.45) is 8.18. The molecule has 0 aromatic carbocycles. The van der Waals surface area contributed by atoms with Gasteiger partial charge in [0.15, 0.2) is 8.32 Å². The van der Waals surface area contributed by atoms with Crippen molar-refractivity contribution in [3.8, 4) is 0 Å². The summed E-state index contributed by atoms with van der Waals surface area (Å²) in [5.41, 5.74) is 0.451. The average Bonchev–Trinajstić information content (AvgIpc) is 2.91. The monoisotopic (exact) mass is 340 g/mol. The molecule has 1 N–H and O–H groups in total. The van der Waals surface area contributed by atoms with E-state index in [9.17, 15) is 5.11 Å². The van der Waals surface area contributed by atoms with E-state index in [4.69, 9.17) is 4.43 Å². The zero-order valence-electron chi connectivity index (χ0n) is 16.2. The average molecular weight is 341 g/mol. The molecule has 23 heavy (non-hydrogen) atoms. The fourth-order valence-corrected chi connectivity index (χ4v) is 8.89. The Morgan fingerprint density at radius 1 is 1.13 bits per heavy atom. The first kappa shape index (κ1) is 19.5. The molecule has 0 aromatic heterocycles. The molecule has 2 aliphatic carbocycles. The van der Waals surface area contributed by atoms with E-state index in [2.05, 4.69) is 34.6 Å². The third kappa shape index (κ3) is 3.72. The molecule has 0 aromatic rings. The molecule has 2 rings (SSSR count). The number of hydrogen-bond donors (Lipinski definition) is 1. The summed E-state index contributed by atoms with van der Waals surface area (Å²) in [5.74, 6) is 2.20. The number of aliphatic hydroxyl groups is 1. The predicted molar refractivity (Wildman–Crippen MR) is 101 cm³/mol. The van der Waals surface area contributed by atoms with Gasteiger partial charge in [0.2, 0.25) is 0 Å². The fraction of sp³-hybridized carbons (Fsp3) is 1.00. The van der Waals surface area contributed by atoms with E-state index < -0.39 is 8.32 Å². The van der Waals surface area contributed by atoms with E-state index >= 15 is 0 Å². The molecular formula is C20H40O2Si. The van der Waals surface area contributed by atoms with Gasteiger partial charge >= 0.3 is 0 Å². The summed E-state index contributed by atoms with van der Waals surface area (Å²) in [5, 5.41) is 9.36. The van der Waals surface area contributed by atoms with Gasteiger partial charge in [-0.25, -0.2) is 0 Å². The standard InChI is InChI=1S/C20H40O2Si/c1-6-23(7-2,8-3)22-19-10-9-14-20(5)17(11-12-18(19)20)16(4)13-15-21/h16-19,21H,6-15H2,1-5H3/t16-,17-,18+,19?,20-/m1/s1. The molecule has 2 aliphatic rings. The lowest BCUT2D eigenvalue weighted by Crippen LogP contribution is -2.48. The Morgan fingerprint density at radius 2 is 1.78 bits per heavy atom. The van der Waals surface area contributed by atoms with Gasteiger partial charge in [-0.1, -0.05) is 41.0 Å². The van der Waals surface area contributed by atoms with Gasteiger partial charge in [0.1, 0.15) is 0 Å². The molecule has 0 amide bonds. The van der Waals surface area contributed by atoms with Crippen molar-refractivity contribution in [2.75, 3.05) is 6.61 Å². The van der Waals surface area contributed by atoms with Gasteiger partial charge < -0.3 is 9.53 Å². The molecule has 2 nitrogen and oxygen atoms in total. The molecule has 0 saturated heterocycles. The molecule has 2 fully saturated rings. The Kier molecular flexibility index (Phi) is 6.78. The molecule has 0 spiro atoms. The molecular weight excluding hydrogens is 300 g/mol. The van der Waals surface area contributed by atoms with Gasteiger partial charge in [0, 0.05) is 12.7 Å². The number of fused-ring (bicyclic) bond motifs is 1. The minimum atomic E-state index is -1.50. The second-order valence-corrected chi connectivity index (χ2v) is 13.3. The second kappa shape index (κ2) is 8.01. The molecule has 0 bridgehead atoms. The van der Waals surface area contributed by atoms with Crippen LogP contribution < -0.4 is 0 Å². The predicted octanol–water partition coefficient (Wildman–Crippen LogP) is 5.61. The lowest BCUT2D eigenvalue weighted by Gasteiger charge is -2.48. The lowest BCUT2D eigenvalue weighted by atomic mass is 9.61. The molecule has 0 heterocycles. The maximum atomic E-state index is 9.36. The topological polar surface area (TPSA) is 29.5 Å². The van der Waals surface area contributed by atoms with Gasteiger partial charge in [0.05, 0.1) is 0 Å². The van der Waals surface area contributed by atoms with Crippen LogP contribution in [0.1, 0.15) is 73.1 Å². The minimum absolute atomic E-state index is 0.343. The Hall–Kier alpha value is 0.137. The molecule has 5 atom stereocenters. The first-order chi connectivity index (χ1) is 11.0. The molecule has 2 saturated carbocycles. The van der Waals surface area contributed by atoms with E-state index in [1.54, 1.807) is 0 Å². The van der Waals surface area contributed by atoms with Crippen LogP contribution >= 0.6 is 0 Å². The highest BCUT2D eigenvalue weighted by Gasteiger charge is 2.53. The highest BCUT2D eigenvalue weighted by Crippen LogP contribution is 2.59.